The molecule has 3 heteroatoms. The van der Waals surface area contributed by atoms with Crippen LogP contribution in [0.4, 0.5) is 0 Å². The molecular weight excluding hydrogens is 226 g/mol. The Balaban J connectivity index is 1.97. The standard InChI is InChI=1S/C15H23NO2/c1-10-6-11(2)15(12(3)7-10)18-9-14(16)13-4-5-17-8-13/h6-7,13-14H,4-5,8-9,16H2,1-3H3. The van der Waals surface area contributed by atoms with Crippen LogP contribution in [0.2, 0.25) is 0 Å². The first-order valence-electron chi connectivity index (χ1n) is 6.62. The maximum Gasteiger partial charge on any atom is 0.125 e. The van der Waals surface area contributed by atoms with Gasteiger partial charge in [0.1, 0.15) is 12.4 Å². The maximum absolute atomic E-state index is 6.15. The molecule has 1 aromatic carbocycles. The summed E-state index contributed by atoms with van der Waals surface area (Å²) in [7, 11) is 0. The minimum atomic E-state index is 0.0626. The minimum absolute atomic E-state index is 0.0626. The molecule has 0 aliphatic carbocycles. The molecule has 100 valence electrons. The number of aryl methyl sites for hydroxylation is 3. The summed E-state index contributed by atoms with van der Waals surface area (Å²) in [5, 5.41) is 0. The summed E-state index contributed by atoms with van der Waals surface area (Å²) in [6, 6.07) is 4.35. The van der Waals surface area contributed by atoms with Crippen molar-refractivity contribution in [2.24, 2.45) is 11.7 Å². The van der Waals surface area contributed by atoms with Crippen LogP contribution in [0.25, 0.3) is 0 Å². The zero-order chi connectivity index (χ0) is 13.1. The van der Waals surface area contributed by atoms with E-state index in [4.69, 9.17) is 15.2 Å². The van der Waals surface area contributed by atoms with Gasteiger partial charge in [-0.2, -0.15) is 0 Å². The van der Waals surface area contributed by atoms with Crippen molar-refractivity contribution >= 4 is 0 Å². The van der Waals surface area contributed by atoms with Crippen molar-refractivity contribution in [3.63, 3.8) is 0 Å². The molecule has 2 atom stereocenters. The molecule has 2 N–H and O–H groups in total. The second-order valence-corrected chi connectivity index (χ2v) is 5.33. The average Bonchev–Trinajstić information content (AvgIpc) is 2.80. The fourth-order valence-electron chi connectivity index (χ4n) is 2.60. The quantitative estimate of drug-likeness (QED) is 0.891. The molecule has 1 heterocycles. The van der Waals surface area contributed by atoms with Gasteiger partial charge in [-0.05, 0) is 38.3 Å². The molecule has 1 aliphatic rings. The van der Waals surface area contributed by atoms with E-state index in [-0.39, 0.29) is 6.04 Å². The lowest BCUT2D eigenvalue weighted by Crippen LogP contribution is -2.36. The Morgan fingerprint density at radius 3 is 2.56 bits per heavy atom. The summed E-state index contributed by atoms with van der Waals surface area (Å²) in [5.41, 5.74) is 9.79. The van der Waals surface area contributed by atoms with E-state index in [0.29, 0.717) is 12.5 Å². The van der Waals surface area contributed by atoms with Gasteiger partial charge in [0.25, 0.3) is 0 Å². The topological polar surface area (TPSA) is 44.5 Å². The van der Waals surface area contributed by atoms with E-state index in [0.717, 1.165) is 25.4 Å². The molecule has 1 aromatic rings. The van der Waals surface area contributed by atoms with Crippen LogP contribution in [0.5, 0.6) is 5.75 Å². The van der Waals surface area contributed by atoms with Gasteiger partial charge in [-0.15, -0.1) is 0 Å². The summed E-state index contributed by atoms with van der Waals surface area (Å²) >= 11 is 0. The van der Waals surface area contributed by atoms with Gasteiger partial charge in [0.2, 0.25) is 0 Å². The smallest absolute Gasteiger partial charge is 0.125 e. The predicted octanol–water partition coefficient (Wildman–Crippen LogP) is 2.35. The highest BCUT2D eigenvalue weighted by atomic mass is 16.5. The maximum atomic E-state index is 6.15. The van der Waals surface area contributed by atoms with Crippen molar-refractivity contribution in [1.82, 2.24) is 0 Å². The van der Waals surface area contributed by atoms with Crippen LogP contribution in [-0.4, -0.2) is 25.9 Å². The lowest BCUT2D eigenvalue weighted by Gasteiger charge is -2.20. The van der Waals surface area contributed by atoms with Crippen molar-refractivity contribution in [3.8, 4) is 5.75 Å². The lowest BCUT2D eigenvalue weighted by molar-refractivity contribution is 0.169. The molecule has 0 radical (unpaired) electrons. The van der Waals surface area contributed by atoms with Crippen LogP contribution in [0.1, 0.15) is 23.1 Å². The van der Waals surface area contributed by atoms with E-state index >= 15 is 0 Å². The van der Waals surface area contributed by atoms with Gasteiger partial charge < -0.3 is 15.2 Å². The molecule has 1 fully saturated rings. The van der Waals surface area contributed by atoms with E-state index < -0.39 is 0 Å². The number of hydrogen-bond donors (Lipinski definition) is 1. The zero-order valence-electron chi connectivity index (χ0n) is 11.5. The van der Waals surface area contributed by atoms with Crippen LogP contribution in [0, 0.1) is 26.7 Å². The van der Waals surface area contributed by atoms with Crippen molar-refractivity contribution in [3.05, 3.63) is 28.8 Å². The third kappa shape index (κ3) is 3.03. The summed E-state index contributed by atoms with van der Waals surface area (Å²) in [5.74, 6) is 1.42. The van der Waals surface area contributed by atoms with Crippen LogP contribution in [-0.2, 0) is 4.74 Å². The monoisotopic (exact) mass is 249 g/mol. The Hall–Kier alpha value is -1.06. The zero-order valence-corrected chi connectivity index (χ0v) is 11.5. The number of benzene rings is 1. The summed E-state index contributed by atoms with van der Waals surface area (Å²) in [6.07, 6.45) is 1.05. The second-order valence-electron chi connectivity index (χ2n) is 5.33. The number of hydrogen-bond acceptors (Lipinski definition) is 3. The van der Waals surface area contributed by atoms with Crippen LogP contribution in [0.3, 0.4) is 0 Å². The van der Waals surface area contributed by atoms with E-state index in [1.807, 2.05) is 0 Å². The van der Waals surface area contributed by atoms with Gasteiger partial charge >= 0.3 is 0 Å². The third-order valence-corrected chi connectivity index (χ3v) is 3.60. The second kappa shape index (κ2) is 5.72. The normalized spacial score (nSPS) is 21.0. The first-order chi connectivity index (χ1) is 8.58. The molecule has 0 bridgehead atoms. The first kappa shape index (κ1) is 13.4. The van der Waals surface area contributed by atoms with Crippen LogP contribution < -0.4 is 10.5 Å². The minimum Gasteiger partial charge on any atom is -0.491 e. The summed E-state index contributed by atoms with van der Waals surface area (Å²) in [4.78, 5) is 0. The fourth-order valence-corrected chi connectivity index (χ4v) is 2.60. The molecule has 0 spiro atoms. The number of nitrogens with two attached hydrogens (primary N) is 1. The highest BCUT2D eigenvalue weighted by Crippen LogP contribution is 2.25. The molecule has 0 amide bonds. The van der Waals surface area contributed by atoms with E-state index in [9.17, 15) is 0 Å². The van der Waals surface area contributed by atoms with Gasteiger partial charge in [-0.3, -0.25) is 0 Å². The molecular formula is C15H23NO2. The molecule has 0 saturated carbocycles. The molecule has 18 heavy (non-hydrogen) atoms. The SMILES string of the molecule is Cc1cc(C)c(OCC(N)C2CCOC2)c(C)c1. The molecule has 2 unspecified atom stereocenters. The Bertz CT molecular complexity index is 388. The molecule has 3 nitrogen and oxygen atoms in total. The predicted molar refractivity (Wildman–Crippen MR) is 73.0 cm³/mol. The lowest BCUT2D eigenvalue weighted by atomic mass is 10.0. The van der Waals surface area contributed by atoms with Crippen LogP contribution in [0.15, 0.2) is 12.1 Å². The van der Waals surface area contributed by atoms with Gasteiger partial charge in [-0.25, -0.2) is 0 Å². The summed E-state index contributed by atoms with van der Waals surface area (Å²) in [6.45, 7) is 8.45. The Morgan fingerprint density at radius 2 is 2.00 bits per heavy atom. The van der Waals surface area contributed by atoms with Gasteiger partial charge in [0.05, 0.1) is 6.61 Å². The van der Waals surface area contributed by atoms with E-state index in [2.05, 4.69) is 32.9 Å². The van der Waals surface area contributed by atoms with Crippen LogP contribution >= 0.6 is 0 Å². The largest absolute Gasteiger partial charge is 0.491 e. The molecule has 2 rings (SSSR count). The van der Waals surface area contributed by atoms with Crippen molar-refractivity contribution in [2.75, 3.05) is 19.8 Å². The van der Waals surface area contributed by atoms with Crippen molar-refractivity contribution in [1.29, 1.82) is 0 Å². The third-order valence-electron chi connectivity index (χ3n) is 3.60. The highest BCUT2D eigenvalue weighted by Gasteiger charge is 2.23. The number of ether oxygens (including phenoxy) is 2. The summed E-state index contributed by atoms with van der Waals surface area (Å²) < 4.78 is 11.3. The van der Waals surface area contributed by atoms with Gasteiger partial charge in [0.15, 0.2) is 0 Å². The van der Waals surface area contributed by atoms with Gasteiger partial charge in [0, 0.05) is 18.6 Å². The van der Waals surface area contributed by atoms with E-state index in [1.54, 1.807) is 0 Å². The van der Waals surface area contributed by atoms with E-state index in [1.165, 1.54) is 16.7 Å². The fraction of sp³-hybridized carbons (Fsp3) is 0.600. The van der Waals surface area contributed by atoms with Crippen molar-refractivity contribution < 1.29 is 9.47 Å². The van der Waals surface area contributed by atoms with Gasteiger partial charge in [-0.1, -0.05) is 17.7 Å². The first-order valence-corrected chi connectivity index (χ1v) is 6.62. The van der Waals surface area contributed by atoms with Crippen molar-refractivity contribution in [2.45, 2.75) is 33.2 Å². The Labute approximate surface area is 109 Å². The molecule has 1 aliphatic heterocycles. The Kier molecular flexibility index (Phi) is 4.25. The Morgan fingerprint density at radius 1 is 1.33 bits per heavy atom. The molecule has 1 saturated heterocycles. The molecule has 0 aromatic heterocycles. The average molecular weight is 249 g/mol. The number of rotatable bonds is 4. The highest BCUT2D eigenvalue weighted by molar-refractivity contribution is 5.42.